The molecule has 1 N–H and O–H groups in total. The smallest absolute Gasteiger partial charge is 0.293 e. The van der Waals surface area contributed by atoms with Gasteiger partial charge in [-0.3, -0.25) is 4.79 Å². The van der Waals surface area contributed by atoms with Gasteiger partial charge in [0.15, 0.2) is 5.82 Å². The van der Waals surface area contributed by atoms with Crippen molar-refractivity contribution in [2.75, 3.05) is 11.9 Å². The van der Waals surface area contributed by atoms with Gasteiger partial charge in [0.2, 0.25) is 0 Å². The molecule has 0 saturated heterocycles. The molecule has 0 radical (unpaired) electrons. The minimum Gasteiger partial charge on any atom is -0.365 e. The first-order chi connectivity index (χ1) is 8.62. The molecule has 1 aromatic heterocycles. The molecule has 4 nitrogen and oxygen atoms in total. The van der Waals surface area contributed by atoms with Crippen molar-refractivity contribution in [3.8, 4) is 0 Å². The fourth-order valence-corrected chi connectivity index (χ4v) is 2.80. The highest BCUT2D eigenvalue weighted by Crippen LogP contribution is 2.61. The summed E-state index contributed by atoms with van der Waals surface area (Å²) in [4.78, 5) is 16.4. The van der Waals surface area contributed by atoms with Gasteiger partial charge in [-0.05, 0) is 50.9 Å². The molecular formula is C14H21N3O. The van der Waals surface area contributed by atoms with Crippen LogP contribution >= 0.6 is 0 Å². The Morgan fingerprint density at radius 2 is 2.22 bits per heavy atom. The van der Waals surface area contributed by atoms with Gasteiger partial charge in [0, 0.05) is 25.0 Å². The number of rotatable bonds is 5. The minimum atomic E-state index is -0.000836. The van der Waals surface area contributed by atoms with Gasteiger partial charge in [0.1, 0.15) is 0 Å². The molecule has 98 valence electrons. The molecule has 0 spiro atoms. The van der Waals surface area contributed by atoms with Gasteiger partial charge < -0.3 is 9.88 Å². The van der Waals surface area contributed by atoms with E-state index in [4.69, 9.17) is 0 Å². The summed E-state index contributed by atoms with van der Waals surface area (Å²) in [7, 11) is 0. The lowest BCUT2D eigenvalue weighted by Gasteiger charge is -2.16. The third kappa shape index (κ3) is 2.04. The van der Waals surface area contributed by atoms with Crippen molar-refractivity contribution in [1.82, 2.24) is 9.55 Å². The molecule has 2 aliphatic rings. The van der Waals surface area contributed by atoms with Crippen LogP contribution in [0.4, 0.5) is 5.82 Å². The van der Waals surface area contributed by atoms with Crippen molar-refractivity contribution >= 4 is 5.82 Å². The summed E-state index contributed by atoms with van der Waals surface area (Å²) < 4.78 is 1.73. The molecule has 1 aromatic rings. The molecule has 1 heterocycles. The Balaban J connectivity index is 1.73. The predicted octanol–water partition coefficient (Wildman–Crippen LogP) is 2.43. The van der Waals surface area contributed by atoms with Crippen molar-refractivity contribution in [2.24, 2.45) is 11.3 Å². The van der Waals surface area contributed by atoms with E-state index in [1.165, 1.54) is 25.7 Å². The highest BCUT2D eigenvalue weighted by atomic mass is 16.1. The average molecular weight is 247 g/mol. The summed E-state index contributed by atoms with van der Waals surface area (Å²) in [6.45, 7) is 4.94. The van der Waals surface area contributed by atoms with Crippen molar-refractivity contribution in [2.45, 2.75) is 45.6 Å². The molecule has 2 aliphatic carbocycles. The Kier molecular flexibility index (Phi) is 2.68. The Labute approximate surface area is 107 Å². The zero-order valence-corrected chi connectivity index (χ0v) is 11.1. The molecule has 0 aliphatic heterocycles. The van der Waals surface area contributed by atoms with Crippen LogP contribution in [0.25, 0.3) is 0 Å². The van der Waals surface area contributed by atoms with E-state index in [0.717, 1.165) is 12.5 Å². The van der Waals surface area contributed by atoms with Crippen molar-refractivity contribution in [3.05, 3.63) is 22.7 Å². The molecule has 2 fully saturated rings. The molecule has 18 heavy (non-hydrogen) atoms. The van der Waals surface area contributed by atoms with Gasteiger partial charge in [0.05, 0.1) is 0 Å². The van der Waals surface area contributed by atoms with E-state index in [9.17, 15) is 4.79 Å². The molecule has 4 heteroatoms. The maximum atomic E-state index is 12.2. The van der Waals surface area contributed by atoms with E-state index in [-0.39, 0.29) is 11.6 Å². The van der Waals surface area contributed by atoms with Crippen LogP contribution in [0.5, 0.6) is 0 Å². The molecule has 2 saturated carbocycles. The van der Waals surface area contributed by atoms with E-state index >= 15 is 0 Å². The standard InChI is InChI=1S/C14H21N3O/c1-10(2)17-8-7-15-12(13(17)18)16-9-14(5-6-14)11-3-4-11/h7-8,10-11H,3-6,9H2,1-2H3,(H,15,16). The van der Waals surface area contributed by atoms with Crippen LogP contribution in [-0.4, -0.2) is 16.1 Å². The lowest BCUT2D eigenvalue weighted by Crippen LogP contribution is -2.28. The Morgan fingerprint density at radius 3 is 2.78 bits per heavy atom. The lowest BCUT2D eigenvalue weighted by atomic mass is 10.0. The van der Waals surface area contributed by atoms with Gasteiger partial charge in [-0.2, -0.15) is 0 Å². The first-order valence-electron chi connectivity index (χ1n) is 6.93. The van der Waals surface area contributed by atoms with Gasteiger partial charge in [0.25, 0.3) is 5.56 Å². The molecule has 0 amide bonds. The van der Waals surface area contributed by atoms with E-state index in [2.05, 4.69) is 10.3 Å². The third-order valence-corrected chi connectivity index (χ3v) is 4.37. The summed E-state index contributed by atoms with van der Waals surface area (Å²) in [6.07, 6.45) is 8.85. The number of nitrogens with one attached hydrogen (secondary N) is 1. The highest BCUT2D eigenvalue weighted by Gasteiger charge is 2.53. The second-order valence-corrected chi connectivity index (χ2v) is 6.07. The zero-order valence-electron chi connectivity index (χ0n) is 11.1. The number of aromatic nitrogens is 2. The van der Waals surface area contributed by atoms with E-state index < -0.39 is 0 Å². The van der Waals surface area contributed by atoms with Crippen LogP contribution < -0.4 is 10.9 Å². The number of hydrogen-bond donors (Lipinski definition) is 1. The first-order valence-corrected chi connectivity index (χ1v) is 6.93. The normalized spacial score (nSPS) is 21.1. The maximum Gasteiger partial charge on any atom is 0.293 e. The van der Waals surface area contributed by atoms with Crippen molar-refractivity contribution in [1.29, 1.82) is 0 Å². The first kappa shape index (κ1) is 11.8. The van der Waals surface area contributed by atoms with E-state index in [1.807, 2.05) is 13.8 Å². The van der Waals surface area contributed by atoms with Gasteiger partial charge >= 0.3 is 0 Å². The minimum absolute atomic E-state index is 0.000836. The van der Waals surface area contributed by atoms with Crippen LogP contribution in [0.1, 0.15) is 45.6 Å². The summed E-state index contributed by atoms with van der Waals surface area (Å²) in [6, 6.07) is 0.180. The van der Waals surface area contributed by atoms with Gasteiger partial charge in [-0.15, -0.1) is 0 Å². The van der Waals surface area contributed by atoms with Crippen molar-refractivity contribution < 1.29 is 0 Å². The van der Waals surface area contributed by atoms with Crippen LogP contribution in [0.3, 0.4) is 0 Å². The van der Waals surface area contributed by atoms with Crippen LogP contribution in [-0.2, 0) is 0 Å². The molecule has 0 bridgehead atoms. The van der Waals surface area contributed by atoms with Crippen LogP contribution in [0.2, 0.25) is 0 Å². The molecule has 0 aromatic carbocycles. The van der Waals surface area contributed by atoms with E-state index in [1.54, 1.807) is 17.0 Å². The maximum absolute atomic E-state index is 12.2. The number of anilines is 1. The quantitative estimate of drug-likeness (QED) is 0.869. The predicted molar refractivity (Wildman–Crippen MR) is 71.8 cm³/mol. The highest BCUT2D eigenvalue weighted by molar-refractivity contribution is 5.32. The second kappa shape index (κ2) is 4.11. The summed E-state index contributed by atoms with van der Waals surface area (Å²) in [5.41, 5.74) is 0.492. The Bertz CT molecular complexity index is 498. The Morgan fingerprint density at radius 1 is 1.50 bits per heavy atom. The summed E-state index contributed by atoms with van der Waals surface area (Å²) in [5.74, 6) is 1.42. The topological polar surface area (TPSA) is 46.9 Å². The second-order valence-electron chi connectivity index (χ2n) is 6.07. The van der Waals surface area contributed by atoms with Gasteiger partial charge in [-0.1, -0.05) is 0 Å². The summed E-state index contributed by atoms with van der Waals surface area (Å²) >= 11 is 0. The fraction of sp³-hybridized carbons (Fsp3) is 0.714. The molecular weight excluding hydrogens is 226 g/mol. The molecule has 0 atom stereocenters. The molecule has 3 rings (SSSR count). The van der Waals surface area contributed by atoms with Crippen molar-refractivity contribution in [3.63, 3.8) is 0 Å². The fourth-order valence-electron chi connectivity index (χ4n) is 2.80. The number of nitrogens with zero attached hydrogens (tertiary/aromatic N) is 2. The zero-order chi connectivity index (χ0) is 12.8. The van der Waals surface area contributed by atoms with E-state index in [0.29, 0.717) is 11.2 Å². The van der Waals surface area contributed by atoms with Crippen LogP contribution in [0.15, 0.2) is 17.2 Å². The Hall–Kier alpha value is -1.32. The monoisotopic (exact) mass is 247 g/mol. The largest absolute Gasteiger partial charge is 0.365 e. The summed E-state index contributed by atoms with van der Waals surface area (Å²) in [5, 5.41) is 3.29. The average Bonchev–Trinajstić information content (AvgIpc) is 3.19. The third-order valence-electron chi connectivity index (χ3n) is 4.37. The van der Waals surface area contributed by atoms with Crippen LogP contribution in [0, 0.1) is 11.3 Å². The molecule has 0 unspecified atom stereocenters. The lowest BCUT2D eigenvalue weighted by molar-refractivity contribution is 0.465. The van der Waals surface area contributed by atoms with Gasteiger partial charge in [-0.25, -0.2) is 4.98 Å². The number of hydrogen-bond acceptors (Lipinski definition) is 3. The SMILES string of the molecule is CC(C)n1ccnc(NCC2(C3CC3)CC2)c1=O.